The lowest BCUT2D eigenvalue weighted by Crippen LogP contribution is -2.14. The second-order valence-electron chi connectivity index (χ2n) is 6.68. The number of nitrogens with one attached hydrogen (secondary N) is 1. The summed E-state index contributed by atoms with van der Waals surface area (Å²) in [6, 6.07) is 15.4. The number of anilines is 1. The molecule has 0 saturated carbocycles. The molecule has 0 spiro atoms. The van der Waals surface area contributed by atoms with Gasteiger partial charge in [0.1, 0.15) is 0 Å². The van der Waals surface area contributed by atoms with E-state index in [2.05, 4.69) is 36.5 Å². The Balaban J connectivity index is 1.51. The molecule has 4 aromatic rings. The molecule has 2 aromatic carbocycles. The van der Waals surface area contributed by atoms with Crippen LogP contribution in [-0.4, -0.2) is 25.9 Å². The molecule has 0 aliphatic heterocycles. The number of halogens is 2. The Morgan fingerprint density at radius 2 is 1.97 bits per heavy atom. The fourth-order valence-corrected chi connectivity index (χ4v) is 4.43. The molecule has 152 valence electrons. The number of aryl methyl sites for hydroxylation is 1. The van der Waals surface area contributed by atoms with Crippen LogP contribution in [0.25, 0.3) is 5.69 Å². The van der Waals surface area contributed by atoms with Gasteiger partial charge in [0.05, 0.1) is 22.1 Å². The number of benzene rings is 2. The highest BCUT2D eigenvalue weighted by molar-refractivity contribution is 9.10. The molecular formula is C21H17BrClN5OS. The van der Waals surface area contributed by atoms with Crippen LogP contribution in [0.3, 0.4) is 0 Å². The van der Waals surface area contributed by atoms with Crippen molar-refractivity contribution in [3.63, 3.8) is 0 Å². The first-order chi connectivity index (χ1) is 14.4. The van der Waals surface area contributed by atoms with Crippen LogP contribution < -0.4 is 5.32 Å². The number of carbonyl (C=O) groups excluding carboxylic acids is 1. The SMILES string of the molecule is Cc1nc(NC(=O)c2nnn(-c3ccccc3)c2C)sc1Cc1ccc(Br)c(Cl)c1. The summed E-state index contributed by atoms with van der Waals surface area (Å²) >= 11 is 11.0. The Hall–Kier alpha value is -2.55. The molecule has 1 N–H and O–H groups in total. The van der Waals surface area contributed by atoms with E-state index in [4.69, 9.17) is 11.6 Å². The Labute approximate surface area is 191 Å². The van der Waals surface area contributed by atoms with E-state index in [1.165, 1.54) is 11.3 Å². The lowest BCUT2D eigenvalue weighted by atomic mass is 10.1. The van der Waals surface area contributed by atoms with Crippen LogP contribution in [0.15, 0.2) is 53.0 Å². The van der Waals surface area contributed by atoms with Crippen LogP contribution in [0.2, 0.25) is 5.02 Å². The van der Waals surface area contributed by atoms with E-state index in [1.807, 2.05) is 62.4 Å². The van der Waals surface area contributed by atoms with E-state index in [0.29, 0.717) is 22.3 Å². The van der Waals surface area contributed by atoms with Gasteiger partial charge in [0.25, 0.3) is 5.91 Å². The molecule has 0 saturated heterocycles. The van der Waals surface area contributed by atoms with Crippen LogP contribution in [0.1, 0.15) is 32.3 Å². The smallest absolute Gasteiger partial charge is 0.279 e. The summed E-state index contributed by atoms with van der Waals surface area (Å²) in [5.74, 6) is -0.332. The van der Waals surface area contributed by atoms with Gasteiger partial charge in [-0.15, -0.1) is 16.4 Å². The van der Waals surface area contributed by atoms with Crippen molar-refractivity contribution in [2.24, 2.45) is 0 Å². The molecule has 0 unspecified atom stereocenters. The predicted molar refractivity (Wildman–Crippen MR) is 123 cm³/mol. The molecular weight excluding hydrogens is 486 g/mol. The van der Waals surface area contributed by atoms with Gasteiger partial charge in [0.2, 0.25) is 0 Å². The molecule has 4 rings (SSSR count). The summed E-state index contributed by atoms with van der Waals surface area (Å²) in [4.78, 5) is 18.3. The summed E-state index contributed by atoms with van der Waals surface area (Å²) in [6.07, 6.45) is 0.690. The molecule has 30 heavy (non-hydrogen) atoms. The van der Waals surface area contributed by atoms with Crippen molar-refractivity contribution in [3.05, 3.63) is 85.5 Å². The van der Waals surface area contributed by atoms with Gasteiger partial charge in [-0.05, 0) is 59.6 Å². The zero-order valence-electron chi connectivity index (χ0n) is 16.2. The minimum Gasteiger partial charge on any atom is -0.296 e. The van der Waals surface area contributed by atoms with E-state index >= 15 is 0 Å². The highest BCUT2D eigenvalue weighted by Crippen LogP contribution is 2.29. The Morgan fingerprint density at radius 3 is 2.70 bits per heavy atom. The molecule has 0 bridgehead atoms. The molecule has 0 aliphatic rings. The monoisotopic (exact) mass is 501 g/mol. The fourth-order valence-electron chi connectivity index (χ4n) is 2.99. The van der Waals surface area contributed by atoms with Crippen LogP contribution in [0.5, 0.6) is 0 Å². The van der Waals surface area contributed by atoms with Crippen molar-refractivity contribution < 1.29 is 4.79 Å². The lowest BCUT2D eigenvalue weighted by molar-refractivity contribution is 0.102. The summed E-state index contributed by atoms with van der Waals surface area (Å²) in [6.45, 7) is 3.75. The average Bonchev–Trinajstić information content (AvgIpc) is 3.27. The number of hydrogen-bond acceptors (Lipinski definition) is 5. The van der Waals surface area contributed by atoms with E-state index in [-0.39, 0.29) is 11.6 Å². The number of amides is 1. The van der Waals surface area contributed by atoms with E-state index in [0.717, 1.165) is 26.3 Å². The maximum atomic E-state index is 12.8. The molecule has 9 heteroatoms. The van der Waals surface area contributed by atoms with Crippen LogP contribution in [-0.2, 0) is 6.42 Å². The van der Waals surface area contributed by atoms with E-state index < -0.39 is 0 Å². The summed E-state index contributed by atoms with van der Waals surface area (Å²) in [5, 5.41) is 12.2. The predicted octanol–water partition coefficient (Wildman–Crippen LogP) is 5.60. The summed E-state index contributed by atoms with van der Waals surface area (Å²) in [7, 11) is 0. The molecule has 0 radical (unpaired) electrons. The van der Waals surface area contributed by atoms with Crippen molar-refractivity contribution in [1.82, 2.24) is 20.0 Å². The Morgan fingerprint density at radius 1 is 1.20 bits per heavy atom. The van der Waals surface area contributed by atoms with E-state index in [9.17, 15) is 4.79 Å². The number of rotatable bonds is 5. The van der Waals surface area contributed by atoms with Gasteiger partial charge in [-0.1, -0.05) is 41.1 Å². The van der Waals surface area contributed by atoms with Crippen LogP contribution in [0.4, 0.5) is 5.13 Å². The molecule has 0 atom stereocenters. The van der Waals surface area contributed by atoms with Gasteiger partial charge in [-0.25, -0.2) is 9.67 Å². The third kappa shape index (κ3) is 4.30. The number of hydrogen-bond donors (Lipinski definition) is 1. The highest BCUT2D eigenvalue weighted by atomic mass is 79.9. The largest absolute Gasteiger partial charge is 0.296 e. The minimum atomic E-state index is -0.332. The second kappa shape index (κ2) is 8.67. The average molecular weight is 503 g/mol. The van der Waals surface area contributed by atoms with Crippen molar-refractivity contribution >= 4 is 49.9 Å². The topological polar surface area (TPSA) is 72.7 Å². The van der Waals surface area contributed by atoms with Gasteiger partial charge < -0.3 is 0 Å². The Kier molecular flexibility index (Phi) is 5.99. The zero-order chi connectivity index (χ0) is 21.3. The second-order valence-corrected chi connectivity index (χ2v) is 9.02. The van der Waals surface area contributed by atoms with Gasteiger partial charge >= 0.3 is 0 Å². The number of aromatic nitrogens is 4. The van der Waals surface area contributed by atoms with Crippen molar-refractivity contribution in [2.45, 2.75) is 20.3 Å². The normalized spacial score (nSPS) is 10.9. The van der Waals surface area contributed by atoms with Gasteiger partial charge in [-0.2, -0.15) is 0 Å². The first kappa shape index (κ1) is 20.7. The number of nitrogens with zero attached hydrogens (tertiary/aromatic N) is 4. The maximum Gasteiger partial charge on any atom is 0.279 e. The quantitative estimate of drug-likeness (QED) is 0.385. The van der Waals surface area contributed by atoms with Crippen molar-refractivity contribution in [2.75, 3.05) is 5.32 Å². The third-order valence-electron chi connectivity index (χ3n) is 4.57. The first-order valence-electron chi connectivity index (χ1n) is 9.11. The number of carbonyl (C=O) groups is 1. The van der Waals surface area contributed by atoms with Crippen LogP contribution in [0, 0.1) is 13.8 Å². The van der Waals surface area contributed by atoms with Crippen molar-refractivity contribution in [1.29, 1.82) is 0 Å². The third-order valence-corrected chi connectivity index (χ3v) is 6.88. The van der Waals surface area contributed by atoms with Crippen molar-refractivity contribution in [3.8, 4) is 5.69 Å². The van der Waals surface area contributed by atoms with Gasteiger partial charge in [-0.3, -0.25) is 10.1 Å². The molecule has 1 amide bonds. The molecule has 0 aliphatic carbocycles. The zero-order valence-corrected chi connectivity index (χ0v) is 19.3. The van der Waals surface area contributed by atoms with Gasteiger partial charge in [0.15, 0.2) is 10.8 Å². The molecule has 2 heterocycles. The fraction of sp³-hybridized carbons (Fsp3) is 0.143. The highest BCUT2D eigenvalue weighted by Gasteiger charge is 2.19. The van der Waals surface area contributed by atoms with Gasteiger partial charge in [0, 0.05) is 15.8 Å². The minimum absolute atomic E-state index is 0.271. The van der Waals surface area contributed by atoms with Crippen LogP contribution >= 0.6 is 38.9 Å². The number of para-hydroxylation sites is 1. The maximum absolute atomic E-state index is 12.8. The Bertz CT molecular complexity index is 1220. The lowest BCUT2D eigenvalue weighted by Gasteiger charge is -2.03. The molecule has 0 fully saturated rings. The first-order valence-corrected chi connectivity index (χ1v) is 11.1. The standard InChI is InChI=1S/C21H17BrClN5OS/c1-12-18(11-14-8-9-16(22)17(23)10-14)30-21(24-12)25-20(29)19-13(2)28(27-26-19)15-6-4-3-5-7-15/h3-10H,11H2,1-2H3,(H,24,25,29). The van der Waals surface area contributed by atoms with E-state index in [1.54, 1.807) is 4.68 Å². The summed E-state index contributed by atoms with van der Waals surface area (Å²) < 4.78 is 2.51. The number of thiazole rings is 1. The molecule has 2 aromatic heterocycles. The molecule has 6 nitrogen and oxygen atoms in total. The summed E-state index contributed by atoms with van der Waals surface area (Å²) in [5.41, 5.74) is 3.74.